The lowest BCUT2D eigenvalue weighted by atomic mass is 9.69. The van der Waals surface area contributed by atoms with Crippen LogP contribution in [0.2, 0.25) is 0 Å². The smallest absolute Gasteiger partial charge is 0.410 e. The Morgan fingerprint density at radius 1 is 1.35 bits per heavy atom. The first-order valence-corrected chi connectivity index (χ1v) is 10.1. The molecular formula is C17H26N4O4S. The summed E-state index contributed by atoms with van der Waals surface area (Å²) in [6.07, 6.45) is 4.99. The lowest BCUT2D eigenvalue weighted by Crippen LogP contribution is -2.55. The van der Waals surface area contributed by atoms with Gasteiger partial charge in [-0.3, -0.25) is 10.00 Å². The lowest BCUT2D eigenvalue weighted by Gasteiger charge is -2.46. The molecule has 1 aromatic rings. The number of rotatable bonds is 5. The number of nitrogens with zero attached hydrogens (tertiary/aromatic N) is 3. The van der Waals surface area contributed by atoms with Crippen molar-refractivity contribution in [2.75, 3.05) is 26.0 Å². The number of amides is 1. The summed E-state index contributed by atoms with van der Waals surface area (Å²) in [6.45, 7) is 2.67. The number of ether oxygens (including phenoxy) is 2. The Bertz CT molecular complexity index is 612. The summed E-state index contributed by atoms with van der Waals surface area (Å²) in [5, 5.41) is 7.59. The Morgan fingerprint density at radius 2 is 2.19 bits per heavy atom. The van der Waals surface area contributed by atoms with Gasteiger partial charge in [0.1, 0.15) is 12.4 Å². The molecular weight excluding hydrogens is 356 g/mol. The molecule has 2 aliphatic rings. The number of esters is 1. The number of H-pyrrole nitrogens is 1. The second-order valence-electron chi connectivity index (χ2n) is 6.93. The zero-order chi connectivity index (χ0) is 18.5. The first kappa shape index (κ1) is 19.0. The molecule has 0 radical (unpaired) electrons. The predicted octanol–water partition coefficient (Wildman–Crippen LogP) is 2.33. The number of piperidine rings is 1. The first-order valence-electron chi connectivity index (χ1n) is 9.11. The molecule has 0 bridgehead atoms. The van der Waals surface area contributed by atoms with Gasteiger partial charge < -0.3 is 9.47 Å². The van der Waals surface area contributed by atoms with E-state index in [1.807, 2.05) is 0 Å². The highest BCUT2D eigenvalue weighted by atomic mass is 32.2. The van der Waals surface area contributed by atoms with Crippen molar-refractivity contribution in [3.63, 3.8) is 0 Å². The van der Waals surface area contributed by atoms with Crippen LogP contribution in [0.15, 0.2) is 11.5 Å². The first-order chi connectivity index (χ1) is 12.6. The summed E-state index contributed by atoms with van der Waals surface area (Å²) < 4.78 is 10.1. The summed E-state index contributed by atoms with van der Waals surface area (Å²) in [5.74, 6) is 2.10. The fourth-order valence-electron chi connectivity index (χ4n) is 4.14. The largest absolute Gasteiger partial charge is 0.464 e. The van der Waals surface area contributed by atoms with Crippen molar-refractivity contribution in [2.24, 2.45) is 17.8 Å². The molecule has 1 aromatic heterocycles. The zero-order valence-electron chi connectivity index (χ0n) is 15.2. The number of likely N-dealkylation sites (tertiary alicyclic amines) is 1. The van der Waals surface area contributed by atoms with Crippen molar-refractivity contribution < 1.29 is 19.1 Å². The number of hydrogen-bond donors (Lipinski definition) is 1. The molecule has 144 valence electrons. The Balaban J connectivity index is 1.62. The second-order valence-corrected chi connectivity index (χ2v) is 7.94. The number of hydrogen-bond acceptors (Lipinski definition) is 7. The average molecular weight is 382 g/mol. The molecule has 2 heterocycles. The third-order valence-corrected chi connectivity index (χ3v) is 6.51. The van der Waals surface area contributed by atoms with Crippen molar-refractivity contribution in [2.45, 2.75) is 43.8 Å². The number of methoxy groups -OCH3 is 1. The molecule has 8 nitrogen and oxygen atoms in total. The molecule has 26 heavy (non-hydrogen) atoms. The molecule has 9 heteroatoms. The Morgan fingerprint density at radius 3 is 2.88 bits per heavy atom. The van der Waals surface area contributed by atoms with Gasteiger partial charge in [-0.2, -0.15) is 5.10 Å². The van der Waals surface area contributed by atoms with Gasteiger partial charge in [-0.05, 0) is 50.4 Å². The maximum atomic E-state index is 12.4. The molecule has 1 aliphatic heterocycles. The van der Waals surface area contributed by atoms with E-state index in [0.717, 1.165) is 30.2 Å². The number of carbonyl (C=O) groups is 2. The quantitative estimate of drug-likeness (QED) is 0.616. The van der Waals surface area contributed by atoms with Crippen LogP contribution < -0.4 is 0 Å². The van der Waals surface area contributed by atoms with Crippen LogP contribution in [0.25, 0.3) is 0 Å². The van der Waals surface area contributed by atoms with E-state index in [1.165, 1.54) is 13.4 Å². The van der Waals surface area contributed by atoms with Gasteiger partial charge in [0, 0.05) is 12.3 Å². The van der Waals surface area contributed by atoms with E-state index in [4.69, 9.17) is 9.47 Å². The molecule has 4 atom stereocenters. The van der Waals surface area contributed by atoms with Gasteiger partial charge in [-0.15, -0.1) is 0 Å². The summed E-state index contributed by atoms with van der Waals surface area (Å²) in [6, 6.07) is -0.538. The maximum Gasteiger partial charge on any atom is 0.410 e. The summed E-state index contributed by atoms with van der Waals surface area (Å²) in [5.41, 5.74) is 0. The highest BCUT2D eigenvalue weighted by Crippen LogP contribution is 2.42. The van der Waals surface area contributed by atoms with Crippen LogP contribution in [0.3, 0.4) is 0 Å². The summed E-state index contributed by atoms with van der Waals surface area (Å²) in [7, 11) is 1.36. The molecule has 1 aliphatic carbocycles. The fraction of sp³-hybridized carbons (Fsp3) is 0.765. The molecule has 1 N–H and O–H groups in total. The average Bonchev–Trinajstić information content (AvgIpc) is 3.18. The van der Waals surface area contributed by atoms with Gasteiger partial charge in [0.2, 0.25) is 0 Å². The van der Waals surface area contributed by atoms with E-state index >= 15 is 0 Å². The minimum atomic E-state index is -0.538. The molecule has 3 rings (SSSR count). The fourth-order valence-corrected chi connectivity index (χ4v) is 5.08. The van der Waals surface area contributed by atoms with Gasteiger partial charge in [-0.1, -0.05) is 11.8 Å². The molecule has 0 aromatic carbocycles. The van der Waals surface area contributed by atoms with Crippen molar-refractivity contribution in [3.8, 4) is 0 Å². The normalized spacial score (nSPS) is 28.3. The third-order valence-electron chi connectivity index (χ3n) is 5.40. The maximum absolute atomic E-state index is 12.4. The molecule has 1 saturated heterocycles. The van der Waals surface area contributed by atoms with Gasteiger partial charge in [0.15, 0.2) is 5.16 Å². The van der Waals surface area contributed by atoms with Crippen molar-refractivity contribution in [1.82, 2.24) is 20.1 Å². The van der Waals surface area contributed by atoms with Gasteiger partial charge in [0.25, 0.3) is 0 Å². The minimum Gasteiger partial charge on any atom is -0.464 e. The molecule has 1 amide bonds. The third kappa shape index (κ3) is 4.31. The molecule has 0 spiro atoms. The monoisotopic (exact) mass is 382 g/mol. The highest BCUT2D eigenvalue weighted by Gasteiger charge is 2.44. The lowest BCUT2D eigenvalue weighted by molar-refractivity contribution is -0.152. The number of fused-ring (bicyclic) bond motifs is 1. The van der Waals surface area contributed by atoms with Crippen LogP contribution in [-0.2, 0) is 14.3 Å². The Kier molecular flexibility index (Phi) is 6.39. The van der Waals surface area contributed by atoms with Crippen molar-refractivity contribution in [3.05, 3.63) is 6.33 Å². The minimum absolute atomic E-state index is 0.314. The molecule has 1 saturated carbocycles. The van der Waals surface area contributed by atoms with Gasteiger partial charge in [0.05, 0.1) is 13.7 Å². The number of thioether (sulfide) groups is 1. The predicted molar refractivity (Wildman–Crippen MR) is 95.6 cm³/mol. The van der Waals surface area contributed by atoms with Crippen LogP contribution in [0.5, 0.6) is 0 Å². The SMILES string of the molecule is CCOC(=O)[C@H]1C[C@@H]2C[C@H](CSc3ncn[nH]3)CC[C@@H]2CN1C(=O)OC. The van der Waals surface area contributed by atoms with Crippen molar-refractivity contribution in [1.29, 1.82) is 0 Å². The van der Waals surface area contributed by atoms with Crippen LogP contribution in [-0.4, -0.2) is 64.2 Å². The van der Waals surface area contributed by atoms with Gasteiger partial charge >= 0.3 is 12.1 Å². The number of nitrogens with one attached hydrogen (secondary N) is 1. The van der Waals surface area contributed by atoms with E-state index in [0.29, 0.717) is 37.3 Å². The van der Waals surface area contributed by atoms with E-state index in [1.54, 1.807) is 23.6 Å². The second kappa shape index (κ2) is 8.75. The summed E-state index contributed by atoms with van der Waals surface area (Å²) >= 11 is 1.69. The van der Waals surface area contributed by atoms with E-state index < -0.39 is 12.1 Å². The van der Waals surface area contributed by atoms with Crippen LogP contribution in [0, 0.1) is 17.8 Å². The van der Waals surface area contributed by atoms with E-state index in [-0.39, 0.29) is 5.97 Å². The number of aromatic amines is 1. The Labute approximate surface area is 157 Å². The standard InChI is InChI=1S/C17H26N4O4S/c1-3-25-15(22)14-7-13-6-11(9-26-16-18-10-19-20-16)4-5-12(13)8-21(14)17(23)24-2/h10-14H,3-9H2,1-2H3,(H,18,19,20)/t11-,12-,13+,14-/m1/s1. The highest BCUT2D eigenvalue weighted by molar-refractivity contribution is 7.99. The van der Waals surface area contributed by atoms with Crippen LogP contribution in [0.4, 0.5) is 4.79 Å². The summed E-state index contributed by atoms with van der Waals surface area (Å²) in [4.78, 5) is 30.2. The van der Waals surface area contributed by atoms with Crippen LogP contribution in [0.1, 0.15) is 32.6 Å². The number of aromatic nitrogens is 3. The molecule has 2 fully saturated rings. The number of carbonyl (C=O) groups excluding carboxylic acids is 2. The molecule has 0 unspecified atom stereocenters. The van der Waals surface area contributed by atoms with Crippen LogP contribution >= 0.6 is 11.8 Å². The Hall–Kier alpha value is -1.77. The van der Waals surface area contributed by atoms with E-state index in [9.17, 15) is 9.59 Å². The van der Waals surface area contributed by atoms with E-state index in [2.05, 4.69) is 15.2 Å². The zero-order valence-corrected chi connectivity index (χ0v) is 16.0. The topological polar surface area (TPSA) is 97.4 Å². The van der Waals surface area contributed by atoms with Gasteiger partial charge in [-0.25, -0.2) is 14.6 Å². The van der Waals surface area contributed by atoms with Crippen molar-refractivity contribution >= 4 is 23.8 Å².